The summed E-state index contributed by atoms with van der Waals surface area (Å²) in [6.45, 7) is 4.90. The number of nitrogens with one attached hydrogen (secondary N) is 1. The Balaban J connectivity index is 1.65. The zero-order valence-electron chi connectivity index (χ0n) is 11.6. The second-order valence-electron chi connectivity index (χ2n) is 5.34. The zero-order chi connectivity index (χ0) is 13.2. The normalized spacial score (nSPS) is 23.3. The van der Waals surface area contributed by atoms with Gasteiger partial charge in [0.2, 0.25) is 0 Å². The predicted molar refractivity (Wildman–Crippen MR) is 75.9 cm³/mol. The maximum Gasteiger partial charge on any atom is 0.0841 e. The minimum absolute atomic E-state index is 0.382. The van der Waals surface area contributed by atoms with Crippen LogP contribution in [0.4, 0.5) is 0 Å². The lowest BCUT2D eigenvalue weighted by molar-refractivity contribution is 0.105. The standard InChI is InChI=1S/C15H21N3O/c1-11-12(7-8-19-11)9-16-10-14-13-5-3-4-6-15(13)18(2)17-14/h3-6,11-12,16H,7-10H2,1-2H3. The van der Waals surface area contributed by atoms with Crippen molar-refractivity contribution in [3.05, 3.63) is 30.0 Å². The predicted octanol–water partition coefficient (Wildman–Crippen LogP) is 2.09. The maximum absolute atomic E-state index is 5.58. The Kier molecular flexibility index (Phi) is 3.53. The molecule has 0 bridgehead atoms. The summed E-state index contributed by atoms with van der Waals surface area (Å²) in [6.07, 6.45) is 1.55. The van der Waals surface area contributed by atoms with Crippen LogP contribution in [0.25, 0.3) is 10.9 Å². The van der Waals surface area contributed by atoms with Crippen LogP contribution in [0.5, 0.6) is 0 Å². The fourth-order valence-corrected chi connectivity index (χ4v) is 2.84. The highest BCUT2D eigenvalue weighted by atomic mass is 16.5. The Morgan fingerprint density at radius 1 is 1.42 bits per heavy atom. The largest absolute Gasteiger partial charge is 0.378 e. The summed E-state index contributed by atoms with van der Waals surface area (Å²) in [5, 5.41) is 9.36. The molecule has 0 aliphatic carbocycles. The first-order chi connectivity index (χ1) is 9.25. The van der Waals surface area contributed by atoms with Crippen molar-refractivity contribution in [3.63, 3.8) is 0 Å². The number of benzene rings is 1. The first kappa shape index (κ1) is 12.6. The van der Waals surface area contributed by atoms with Crippen molar-refractivity contribution in [1.29, 1.82) is 0 Å². The number of para-hydroxylation sites is 1. The Labute approximate surface area is 113 Å². The first-order valence-corrected chi connectivity index (χ1v) is 6.98. The Morgan fingerprint density at radius 2 is 2.26 bits per heavy atom. The Hall–Kier alpha value is -1.39. The van der Waals surface area contributed by atoms with E-state index in [1.54, 1.807) is 0 Å². The number of hydrogen-bond acceptors (Lipinski definition) is 3. The van der Waals surface area contributed by atoms with Gasteiger partial charge >= 0.3 is 0 Å². The highest BCUT2D eigenvalue weighted by Gasteiger charge is 2.23. The molecule has 0 spiro atoms. The van der Waals surface area contributed by atoms with Crippen molar-refractivity contribution >= 4 is 10.9 Å². The van der Waals surface area contributed by atoms with Crippen LogP contribution in [0.3, 0.4) is 0 Å². The molecular weight excluding hydrogens is 238 g/mol. The Morgan fingerprint density at radius 3 is 3.05 bits per heavy atom. The van der Waals surface area contributed by atoms with Crippen molar-refractivity contribution in [2.24, 2.45) is 13.0 Å². The van der Waals surface area contributed by atoms with Crippen LogP contribution in [0.15, 0.2) is 24.3 Å². The van der Waals surface area contributed by atoms with Crippen molar-refractivity contribution in [2.75, 3.05) is 13.2 Å². The third-order valence-corrected chi connectivity index (χ3v) is 4.07. The fourth-order valence-electron chi connectivity index (χ4n) is 2.84. The lowest BCUT2D eigenvalue weighted by Gasteiger charge is -2.14. The second kappa shape index (κ2) is 5.31. The quantitative estimate of drug-likeness (QED) is 0.914. The summed E-state index contributed by atoms with van der Waals surface area (Å²) in [5.41, 5.74) is 2.32. The van der Waals surface area contributed by atoms with Gasteiger partial charge < -0.3 is 10.1 Å². The summed E-state index contributed by atoms with van der Waals surface area (Å²) in [6, 6.07) is 8.37. The molecule has 19 heavy (non-hydrogen) atoms. The van der Waals surface area contributed by atoms with Crippen LogP contribution in [0.1, 0.15) is 19.0 Å². The molecule has 1 aliphatic heterocycles. The molecule has 0 radical (unpaired) electrons. The summed E-state index contributed by atoms with van der Waals surface area (Å²) >= 11 is 0. The van der Waals surface area contributed by atoms with Crippen LogP contribution in [0, 0.1) is 5.92 Å². The van der Waals surface area contributed by atoms with E-state index < -0.39 is 0 Å². The molecule has 2 heterocycles. The van der Waals surface area contributed by atoms with E-state index in [-0.39, 0.29) is 0 Å². The van der Waals surface area contributed by atoms with E-state index in [0.29, 0.717) is 12.0 Å². The highest BCUT2D eigenvalue weighted by molar-refractivity contribution is 5.81. The monoisotopic (exact) mass is 259 g/mol. The van der Waals surface area contributed by atoms with Crippen LogP contribution < -0.4 is 5.32 Å². The smallest absolute Gasteiger partial charge is 0.0841 e. The minimum atomic E-state index is 0.382. The van der Waals surface area contributed by atoms with Crippen LogP contribution in [-0.2, 0) is 18.3 Å². The van der Waals surface area contributed by atoms with Gasteiger partial charge in [-0.1, -0.05) is 18.2 Å². The summed E-state index contributed by atoms with van der Waals surface area (Å²) in [4.78, 5) is 0. The summed E-state index contributed by atoms with van der Waals surface area (Å²) < 4.78 is 7.53. The molecule has 2 unspecified atom stereocenters. The van der Waals surface area contributed by atoms with Gasteiger partial charge in [-0.15, -0.1) is 0 Å². The molecule has 1 saturated heterocycles. The molecule has 1 fully saturated rings. The van der Waals surface area contributed by atoms with Gasteiger partial charge in [-0.05, 0) is 25.3 Å². The first-order valence-electron chi connectivity index (χ1n) is 6.98. The lowest BCUT2D eigenvalue weighted by Crippen LogP contribution is -2.26. The third-order valence-electron chi connectivity index (χ3n) is 4.07. The Bertz CT molecular complexity index is 564. The van der Waals surface area contributed by atoms with E-state index >= 15 is 0 Å². The fraction of sp³-hybridized carbons (Fsp3) is 0.533. The molecule has 0 saturated carbocycles. The number of aryl methyl sites for hydroxylation is 1. The van der Waals surface area contributed by atoms with E-state index in [9.17, 15) is 0 Å². The maximum atomic E-state index is 5.58. The molecule has 1 aromatic heterocycles. The molecule has 1 aliphatic rings. The minimum Gasteiger partial charge on any atom is -0.378 e. The van der Waals surface area contributed by atoms with Crippen LogP contribution >= 0.6 is 0 Å². The van der Waals surface area contributed by atoms with E-state index in [1.807, 2.05) is 11.7 Å². The van der Waals surface area contributed by atoms with Crippen molar-refractivity contribution in [3.8, 4) is 0 Å². The average Bonchev–Trinajstić information content (AvgIpc) is 2.96. The van der Waals surface area contributed by atoms with Gasteiger partial charge in [0, 0.05) is 32.1 Å². The van der Waals surface area contributed by atoms with E-state index in [4.69, 9.17) is 4.74 Å². The summed E-state index contributed by atoms with van der Waals surface area (Å²) in [7, 11) is 2.00. The molecule has 2 atom stereocenters. The molecule has 1 aromatic carbocycles. The van der Waals surface area contributed by atoms with Gasteiger partial charge in [0.25, 0.3) is 0 Å². The number of nitrogens with zero attached hydrogens (tertiary/aromatic N) is 2. The topological polar surface area (TPSA) is 39.1 Å². The third kappa shape index (κ3) is 2.51. The van der Waals surface area contributed by atoms with Crippen molar-refractivity contribution in [1.82, 2.24) is 15.1 Å². The molecular formula is C15H21N3O. The van der Waals surface area contributed by atoms with Crippen LogP contribution in [0.2, 0.25) is 0 Å². The number of fused-ring (bicyclic) bond motifs is 1. The summed E-state index contributed by atoms with van der Waals surface area (Å²) in [5.74, 6) is 0.634. The average molecular weight is 259 g/mol. The van der Waals surface area contributed by atoms with Crippen molar-refractivity contribution in [2.45, 2.75) is 26.0 Å². The molecule has 102 valence electrons. The number of aromatic nitrogens is 2. The number of ether oxygens (including phenoxy) is 1. The second-order valence-corrected chi connectivity index (χ2v) is 5.34. The van der Waals surface area contributed by atoms with Crippen LogP contribution in [-0.4, -0.2) is 29.0 Å². The SMILES string of the molecule is CC1OCCC1CNCc1nn(C)c2ccccc12. The molecule has 0 amide bonds. The van der Waals surface area contributed by atoms with Gasteiger partial charge in [0.1, 0.15) is 0 Å². The molecule has 2 aromatic rings. The van der Waals surface area contributed by atoms with E-state index in [1.165, 1.54) is 10.9 Å². The van der Waals surface area contributed by atoms with E-state index in [2.05, 4.69) is 41.6 Å². The molecule has 4 heteroatoms. The highest BCUT2D eigenvalue weighted by Crippen LogP contribution is 2.20. The number of hydrogen-bond donors (Lipinski definition) is 1. The zero-order valence-corrected chi connectivity index (χ0v) is 11.6. The van der Waals surface area contributed by atoms with Crippen molar-refractivity contribution < 1.29 is 4.74 Å². The van der Waals surface area contributed by atoms with Gasteiger partial charge in [-0.25, -0.2) is 0 Å². The number of rotatable bonds is 4. The lowest BCUT2D eigenvalue weighted by atomic mass is 10.0. The molecule has 4 nitrogen and oxygen atoms in total. The molecule has 1 N–H and O–H groups in total. The van der Waals surface area contributed by atoms with Gasteiger partial charge in [0.15, 0.2) is 0 Å². The van der Waals surface area contributed by atoms with E-state index in [0.717, 1.165) is 31.8 Å². The molecule has 3 rings (SSSR count). The van der Waals surface area contributed by atoms with Gasteiger partial charge in [-0.2, -0.15) is 5.10 Å². The van der Waals surface area contributed by atoms with Gasteiger partial charge in [0.05, 0.1) is 17.3 Å². The van der Waals surface area contributed by atoms with Gasteiger partial charge in [-0.3, -0.25) is 4.68 Å².